The van der Waals surface area contributed by atoms with E-state index < -0.39 is 0 Å². The number of allylic oxidation sites excluding steroid dienone is 5. The molecule has 3 nitrogen and oxygen atoms in total. The second-order valence-corrected chi connectivity index (χ2v) is 6.01. The largest absolute Gasteiger partial charge is 0.298 e. The highest BCUT2D eigenvalue weighted by atomic mass is 16.1. The van der Waals surface area contributed by atoms with Crippen LogP contribution in [0.2, 0.25) is 0 Å². The lowest BCUT2D eigenvalue weighted by Gasteiger charge is -2.15. The van der Waals surface area contributed by atoms with Crippen LogP contribution >= 0.6 is 0 Å². The van der Waals surface area contributed by atoms with Gasteiger partial charge in [-0.2, -0.15) is 0 Å². The molecule has 1 aromatic heterocycles. The van der Waals surface area contributed by atoms with Crippen molar-refractivity contribution in [2.24, 2.45) is 4.99 Å². The summed E-state index contributed by atoms with van der Waals surface area (Å²) in [4.78, 5) is 20.6. The van der Waals surface area contributed by atoms with Crippen molar-refractivity contribution in [3.05, 3.63) is 70.5 Å². The molecule has 0 saturated heterocycles. The lowest BCUT2D eigenvalue weighted by Crippen LogP contribution is -2.02. The number of carbonyl (C=O) groups excluding carboxylic acids is 1. The maximum absolute atomic E-state index is 11.7. The number of hydrogen-bond donors (Lipinski definition) is 0. The number of aldehydes is 1. The molecular weight excluding hydrogens is 296 g/mol. The Balaban J connectivity index is 2.31. The highest BCUT2D eigenvalue weighted by Gasteiger charge is 2.14. The van der Waals surface area contributed by atoms with Gasteiger partial charge in [-0.05, 0) is 49.8 Å². The van der Waals surface area contributed by atoms with E-state index in [1.807, 2.05) is 44.2 Å². The van der Waals surface area contributed by atoms with Gasteiger partial charge in [0, 0.05) is 16.5 Å². The Bertz CT molecular complexity index is 917. The van der Waals surface area contributed by atoms with Crippen molar-refractivity contribution in [2.45, 2.75) is 20.3 Å². The molecule has 3 heteroatoms. The monoisotopic (exact) mass is 316 g/mol. The van der Waals surface area contributed by atoms with Crippen LogP contribution < -0.4 is 0 Å². The molecule has 0 N–H and O–H groups in total. The number of aryl methyl sites for hydroxylation is 2. The van der Waals surface area contributed by atoms with Crippen molar-refractivity contribution in [3.63, 3.8) is 0 Å². The van der Waals surface area contributed by atoms with Crippen molar-refractivity contribution in [1.29, 1.82) is 0 Å². The maximum atomic E-state index is 11.7. The van der Waals surface area contributed by atoms with E-state index in [0.717, 1.165) is 46.0 Å². The van der Waals surface area contributed by atoms with Crippen LogP contribution in [0.15, 0.2) is 53.1 Å². The van der Waals surface area contributed by atoms with Crippen LogP contribution in [-0.4, -0.2) is 24.5 Å². The topological polar surface area (TPSA) is 42.3 Å². The summed E-state index contributed by atoms with van der Waals surface area (Å²) in [5.41, 5.74) is 6.68. The number of hydrogen-bond acceptors (Lipinski definition) is 3. The van der Waals surface area contributed by atoms with E-state index in [9.17, 15) is 4.79 Å². The molecule has 0 amide bonds. The smallest absolute Gasteiger partial charge is 0.150 e. The maximum Gasteiger partial charge on any atom is 0.150 e. The molecular formula is C21H20N2O. The van der Waals surface area contributed by atoms with Crippen LogP contribution in [0, 0.1) is 13.8 Å². The average molecular weight is 316 g/mol. The van der Waals surface area contributed by atoms with Crippen LogP contribution in [-0.2, 0) is 0 Å². The highest BCUT2D eigenvalue weighted by molar-refractivity contribution is 6.00. The molecule has 1 heterocycles. The minimum Gasteiger partial charge on any atom is -0.298 e. The summed E-state index contributed by atoms with van der Waals surface area (Å²) in [5.74, 6) is 0. The number of carbonyl (C=O) groups is 1. The molecule has 2 aromatic rings. The molecule has 1 aliphatic carbocycles. The van der Waals surface area contributed by atoms with Gasteiger partial charge in [0.25, 0.3) is 0 Å². The predicted molar refractivity (Wildman–Crippen MR) is 101 cm³/mol. The molecule has 1 aliphatic rings. The van der Waals surface area contributed by atoms with E-state index in [1.165, 1.54) is 5.57 Å². The Morgan fingerprint density at radius 2 is 2.08 bits per heavy atom. The molecule has 0 fully saturated rings. The van der Waals surface area contributed by atoms with E-state index in [1.54, 1.807) is 0 Å². The van der Waals surface area contributed by atoms with E-state index >= 15 is 0 Å². The first-order chi connectivity index (χ1) is 11.7. The number of aromatic nitrogens is 1. The number of rotatable bonds is 4. The fraction of sp³-hybridized carbons (Fsp3) is 0.190. The first kappa shape index (κ1) is 16.1. The highest BCUT2D eigenvalue weighted by Crippen LogP contribution is 2.29. The van der Waals surface area contributed by atoms with Crippen LogP contribution in [0.1, 0.15) is 33.6 Å². The van der Waals surface area contributed by atoms with Gasteiger partial charge >= 0.3 is 0 Å². The van der Waals surface area contributed by atoms with Crippen LogP contribution in [0.5, 0.6) is 0 Å². The van der Waals surface area contributed by atoms with E-state index in [2.05, 4.69) is 23.9 Å². The summed E-state index contributed by atoms with van der Waals surface area (Å²) in [6.07, 6.45) is 9.98. The van der Waals surface area contributed by atoms with Gasteiger partial charge in [-0.3, -0.25) is 9.79 Å². The number of fused-ring (bicyclic) bond motifs is 1. The fourth-order valence-corrected chi connectivity index (χ4v) is 3.12. The van der Waals surface area contributed by atoms with Crippen LogP contribution in [0.25, 0.3) is 16.5 Å². The molecule has 1 aromatic carbocycles. The summed E-state index contributed by atoms with van der Waals surface area (Å²) in [6.45, 7) is 8.15. The number of benzene rings is 1. The number of nitrogens with zero attached hydrogens (tertiary/aromatic N) is 2. The molecule has 0 bridgehead atoms. The van der Waals surface area contributed by atoms with E-state index in [0.29, 0.717) is 12.1 Å². The molecule has 24 heavy (non-hydrogen) atoms. The Hall–Kier alpha value is -2.81. The third-order valence-electron chi connectivity index (χ3n) is 4.38. The third-order valence-corrected chi connectivity index (χ3v) is 4.38. The number of pyridine rings is 1. The summed E-state index contributed by atoms with van der Waals surface area (Å²) in [5, 5.41) is 0.934. The third kappa shape index (κ3) is 2.85. The molecule has 0 atom stereocenters. The van der Waals surface area contributed by atoms with Gasteiger partial charge in [0.15, 0.2) is 6.29 Å². The zero-order chi connectivity index (χ0) is 17.1. The minimum atomic E-state index is 0.481. The molecule has 0 spiro atoms. The minimum absolute atomic E-state index is 0.481. The van der Waals surface area contributed by atoms with Crippen molar-refractivity contribution < 1.29 is 4.79 Å². The molecule has 0 saturated carbocycles. The second-order valence-electron chi connectivity index (χ2n) is 6.01. The summed E-state index contributed by atoms with van der Waals surface area (Å²) in [6, 6.07) is 5.96. The summed E-state index contributed by atoms with van der Waals surface area (Å²) < 4.78 is 0. The first-order valence-electron chi connectivity index (χ1n) is 8.00. The first-order valence-corrected chi connectivity index (χ1v) is 8.00. The van der Waals surface area contributed by atoms with Gasteiger partial charge in [0.2, 0.25) is 0 Å². The Kier molecular flexibility index (Phi) is 4.52. The zero-order valence-corrected chi connectivity index (χ0v) is 14.0. The van der Waals surface area contributed by atoms with E-state index in [-0.39, 0.29) is 0 Å². The predicted octanol–water partition coefficient (Wildman–Crippen LogP) is 4.63. The van der Waals surface area contributed by atoms with Gasteiger partial charge in [-0.25, -0.2) is 4.98 Å². The van der Waals surface area contributed by atoms with Crippen molar-refractivity contribution in [3.8, 4) is 0 Å². The molecule has 0 aliphatic heterocycles. The van der Waals surface area contributed by atoms with Crippen molar-refractivity contribution >= 4 is 29.5 Å². The zero-order valence-electron chi connectivity index (χ0n) is 14.0. The Labute approximate surface area is 142 Å². The lowest BCUT2D eigenvalue weighted by atomic mass is 9.95. The fourth-order valence-electron chi connectivity index (χ4n) is 3.12. The molecule has 3 rings (SSSR count). The normalized spacial score (nSPS) is 15.6. The molecule has 0 radical (unpaired) electrons. The van der Waals surface area contributed by atoms with Crippen LogP contribution in [0.3, 0.4) is 0 Å². The van der Waals surface area contributed by atoms with E-state index in [4.69, 9.17) is 4.98 Å². The van der Waals surface area contributed by atoms with Crippen molar-refractivity contribution in [2.75, 3.05) is 6.54 Å². The standard InChI is InChI=1S/C21H20N2O/c1-14-9-10-15(2)21-20(14)17(13-24)11-19(23-21)18(12-22-3)16-7-5-4-6-8-16/h4-7,9-11,13H,3,8,12H2,1-2H3/b18-16+. The van der Waals surface area contributed by atoms with Gasteiger partial charge in [0.05, 0.1) is 17.8 Å². The lowest BCUT2D eigenvalue weighted by molar-refractivity contribution is 0.112. The SMILES string of the molecule is C=NC/C(=C1/C=CC=CC1)c1cc(C=O)c2c(C)ccc(C)c2n1. The second kappa shape index (κ2) is 6.75. The van der Waals surface area contributed by atoms with Gasteiger partial charge in [-0.1, -0.05) is 36.4 Å². The Morgan fingerprint density at radius 1 is 1.29 bits per heavy atom. The Morgan fingerprint density at radius 3 is 2.75 bits per heavy atom. The van der Waals surface area contributed by atoms with Gasteiger partial charge in [0.1, 0.15) is 0 Å². The summed E-state index contributed by atoms with van der Waals surface area (Å²) in [7, 11) is 0. The molecule has 0 unspecified atom stereocenters. The van der Waals surface area contributed by atoms with Crippen LogP contribution in [0.4, 0.5) is 0 Å². The van der Waals surface area contributed by atoms with Crippen molar-refractivity contribution in [1.82, 2.24) is 4.98 Å². The quantitative estimate of drug-likeness (QED) is 0.609. The summed E-state index contributed by atoms with van der Waals surface area (Å²) >= 11 is 0. The molecule has 120 valence electrons. The number of aliphatic imine (C=N–C) groups is 1. The van der Waals surface area contributed by atoms with Gasteiger partial charge in [-0.15, -0.1) is 0 Å². The average Bonchev–Trinajstić information content (AvgIpc) is 2.62. The van der Waals surface area contributed by atoms with Gasteiger partial charge < -0.3 is 0 Å².